The van der Waals surface area contributed by atoms with Crippen molar-refractivity contribution in [3.8, 4) is 16.9 Å². The van der Waals surface area contributed by atoms with E-state index in [1.54, 1.807) is 6.92 Å². The lowest BCUT2D eigenvalue weighted by Crippen LogP contribution is -2.25. The Hall–Kier alpha value is -2.67. The number of hydrogen-bond donors (Lipinski definition) is 0. The van der Waals surface area contributed by atoms with Crippen LogP contribution in [0.1, 0.15) is 18.7 Å². The zero-order chi connectivity index (χ0) is 18.7. The van der Waals surface area contributed by atoms with Crippen LogP contribution in [0.4, 0.5) is 0 Å². The average Bonchev–Trinajstić information content (AvgIpc) is 2.96. The molecule has 0 bridgehead atoms. The van der Waals surface area contributed by atoms with Gasteiger partial charge in [0.15, 0.2) is 0 Å². The van der Waals surface area contributed by atoms with Gasteiger partial charge in [-0.05, 0) is 38.5 Å². The van der Waals surface area contributed by atoms with Crippen LogP contribution in [0, 0.1) is 6.92 Å². The smallest absolute Gasteiger partial charge is 0.326 e. The molecule has 0 radical (unpaired) electrons. The first-order valence-electron chi connectivity index (χ1n) is 8.42. The average molecular weight is 372 g/mol. The van der Waals surface area contributed by atoms with Crippen LogP contribution >= 0.6 is 11.3 Å². The van der Waals surface area contributed by atoms with Gasteiger partial charge in [0.1, 0.15) is 17.1 Å². The van der Waals surface area contributed by atoms with E-state index in [1.807, 2.05) is 38.1 Å². The molecule has 2 heterocycles. The molecule has 0 aliphatic heterocycles. The molecule has 0 spiro atoms. The Morgan fingerprint density at radius 1 is 1.19 bits per heavy atom. The zero-order valence-electron chi connectivity index (χ0n) is 14.9. The summed E-state index contributed by atoms with van der Waals surface area (Å²) in [6, 6.07) is 7.63. The molecule has 136 valence electrons. The number of carbonyl (C=O) groups excluding carboxylic acids is 1. The van der Waals surface area contributed by atoms with E-state index in [0.717, 1.165) is 21.8 Å². The van der Waals surface area contributed by atoms with Gasteiger partial charge in [-0.3, -0.25) is 14.2 Å². The molecular weight excluding hydrogens is 352 g/mol. The van der Waals surface area contributed by atoms with Crippen molar-refractivity contribution in [3.63, 3.8) is 0 Å². The van der Waals surface area contributed by atoms with Crippen LogP contribution in [0.25, 0.3) is 21.3 Å². The highest BCUT2D eigenvalue weighted by atomic mass is 32.1. The van der Waals surface area contributed by atoms with Crippen LogP contribution in [0.3, 0.4) is 0 Å². The SMILES string of the molecule is CCOC(=O)Cn1cnc2sc(C)c(-c3ccc(OCC)cc3)c2c1=O. The Balaban J connectivity index is 2.09. The molecule has 0 amide bonds. The van der Waals surface area contributed by atoms with Crippen LogP contribution in [-0.4, -0.2) is 28.7 Å². The summed E-state index contributed by atoms with van der Waals surface area (Å²) < 4.78 is 11.7. The van der Waals surface area contributed by atoms with Crippen molar-refractivity contribution in [2.45, 2.75) is 27.3 Å². The Morgan fingerprint density at radius 2 is 1.92 bits per heavy atom. The quantitative estimate of drug-likeness (QED) is 0.620. The Morgan fingerprint density at radius 3 is 2.58 bits per heavy atom. The lowest BCUT2D eigenvalue weighted by Gasteiger charge is -2.07. The molecular formula is C19H20N2O4S. The number of benzene rings is 1. The summed E-state index contributed by atoms with van der Waals surface area (Å²) in [6.07, 6.45) is 1.40. The highest BCUT2D eigenvalue weighted by Gasteiger charge is 2.18. The number of thiophene rings is 1. The number of aromatic nitrogens is 2. The Kier molecular flexibility index (Phi) is 5.37. The first-order valence-corrected chi connectivity index (χ1v) is 9.24. The van der Waals surface area contributed by atoms with Crippen molar-refractivity contribution < 1.29 is 14.3 Å². The number of nitrogens with zero attached hydrogens (tertiary/aromatic N) is 2. The van der Waals surface area contributed by atoms with Gasteiger partial charge in [0.25, 0.3) is 5.56 Å². The molecule has 6 nitrogen and oxygen atoms in total. The fourth-order valence-electron chi connectivity index (χ4n) is 2.83. The molecule has 0 N–H and O–H groups in total. The minimum atomic E-state index is -0.453. The van der Waals surface area contributed by atoms with E-state index < -0.39 is 5.97 Å². The fraction of sp³-hybridized carbons (Fsp3) is 0.316. The van der Waals surface area contributed by atoms with Gasteiger partial charge in [-0.1, -0.05) is 12.1 Å². The predicted octanol–water partition coefficient (Wildman–Crippen LogP) is 3.40. The maximum atomic E-state index is 12.9. The number of rotatable bonds is 6. The summed E-state index contributed by atoms with van der Waals surface area (Å²) in [4.78, 5) is 30.7. The van der Waals surface area contributed by atoms with E-state index in [-0.39, 0.29) is 18.7 Å². The number of fused-ring (bicyclic) bond motifs is 1. The monoisotopic (exact) mass is 372 g/mol. The van der Waals surface area contributed by atoms with Crippen molar-refractivity contribution in [2.75, 3.05) is 13.2 Å². The van der Waals surface area contributed by atoms with E-state index in [0.29, 0.717) is 16.8 Å². The summed E-state index contributed by atoms with van der Waals surface area (Å²) in [6.45, 7) is 6.36. The van der Waals surface area contributed by atoms with Crippen molar-refractivity contribution in [1.29, 1.82) is 0 Å². The Bertz CT molecular complexity index is 989. The molecule has 0 aliphatic carbocycles. The molecule has 3 aromatic rings. The summed E-state index contributed by atoms with van der Waals surface area (Å²) in [5, 5.41) is 0.531. The molecule has 0 saturated carbocycles. The molecule has 3 rings (SSSR count). The summed E-state index contributed by atoms with van der Waals surface area (Å²) in [5.74, 6) is 0.330. The lowest BCUT2D eigenvalue weighted by molar-refractivity contribution is -0.143. The standard InChI is InChI=1S/C19H20N2O4S/c1-4-24-14-8-6-13(7-9-14)16-12(3)26-18-17(16)19(23)21(11-20-18)10-15(22)25-5-2/h6-9,11H,4-5,10H2,1-3H3. The van der Waals surface area contributed by atoms with Gasteiger partial charge >= 0.3 is 5.97 Å². The maximum Gasteiger partial charge on any atom is 0.326 e. The van der Waals surface area contributed by atoms with Crippen LogP contribution in [0.5, 0.6) is 5.75 Å². The number of aryl methyl sites for hydroxylation is 1. The minimum absolute atomic E-state index is 0.146. The minimum Gasteiger partial charge on any atom is -0.494 e. The zero-order valence-corrected chi connectivity index (χ0v) is 15.8. The second-order valence-corrected chi connectivity index (χ2v) is 6.86. The van der Waals surface area contributed by atoms with Gasteiger partial charge in [-0.15, -0.1) is 11.3 Å². The van der Waals surface area contributed by atoms with E-state index in [2.05, 4.69) is 4.98 Å². The third kappa shape index (κ3) is 3.48. The number of ether oxygens (including phenoxy) is 2. The topological polar surface area (TPSA) is 70.4 Å². The van der Waals surface area contributed by atoms with Gasteiger partial charge in [0.05, 0.1) is 24.9 Å². The van der Waals surface area contributed by atoms with Crippen molar-refractivity contribution in [2.24, 2.45) is 0 Å². The molecule has 0 unspecified atom stereocenters. The van der Waals surface area contributed by atoms with Gasteiger partial charge in [-0.25, -0.2) is 4.98 Å². The van der Waals surface area contributed by atoms with Crippen LogP contribution in [0.15, 0.2) is 35.4 Å². The predicted molar refractivity (Wildman–Crippen MR) is 102 cm³/mol. The third-order valence-corrected chi connectivity index (χ3v) is 4.93. The van der Waals surface area contributed by atoms with Gasteiger partial charge in [-0.2, -0.15) is 0 Å². The first-order chi connectivity index (χ1) is 12.5. The maximum absolute atomic E-state index is 12.9. The van der Waals surface area contributed by atoms with E-state index in [1.165, 1.54) is 22.2 Å². The van der Waals surface area contributed by atoms with E-state index in [4.69, 9.17) is 9.47 Å². The third-order valence-electron chi connectivity index (χ3n) is 3.91. The fourth-order valence-corrected chi connectivity index (χ4v) is 3.83. The number of hydrogen-bond acceptors (Lipinski definition) is 6. The normalized spacial score (nSPS) is 10.9. The van der Waals surface area contributed by atoms with Crippen molar-refractivity contribution in [3.05, 3.63) is 45.8 Å². The van der Waals surface area contributed by atoms with Gasteiger partial charge in [0, 0.05) is 10.4 Å². The number of esters is 1. The largest absolute Gasteiger partial charge is 0.494 e. The highest BCUT2D eigenvalue weighted by molar-refractivity contribution is 7.19. The molecule has 0 aliphatic rings. The molecule has 0 saturated heterocycles. The van der Waals surface area contributed by atoms with Crippen LogP contribution in [0.2, 0.25) is 0 Å². The van der Waals surface area contributed by atoms with Gasteiger partial charge < -0.3 is 9.47 Å². The first kappa shape index (κ1) is 18.1. The molecule has 1 aromatic carbocycles. The van der Waals surface area contributed by atoms with E-state index >= 15 is 0 Å². The molecule has 0 atom stereocenters. The van der Waals surface area contributed by atoms with Crippen LogP contribution < -0.4 is 10.3 Å². The molecule has 0 fully saturated rings. The summed E-state index contributed by atoms with van der Waals surface area (Å²) >= 11 is 1.47. The molecule has 7 heteroatoms. The number of carbonyl (C=O) groups is 1. The van der Waals surface area contributed by atoms with Crippen molar-refractivity contribution in [1.82, 2.24) is 9.55 Å². The second-order valence-electron chi connectivity index (χ2n) is 5.65. The molecule has 2 aromatic heterocycles. The summed E-state index contributed by atoms with van der Waals surface area (Å²) in [5.41, 5.74) is 1.53. The summed E-state index contributed by atoms with van der Waals surface area (Å²) in [7, 11) is 0. The Labute approximate surface area is 155 Å². The lowest BCUT2D eigenvalue weighted by atomic mass is 10.0. The van der Waals surface area contributed by atoms with Crippen molar-refractivity contribution >= 4 is 27.5 Å². The highest BCUT2D eigenvalue weighted by Crippen LogP contribution is 2.36. The second kappa shape index (κ2) is 7.70. The van der Waals surface area contributed by atoms with E-state index in [9.17, 15) is 9.59 Å². The molecule has 26 heavy (non-hydrogen) atoms. The van der Waals surface area contributed by atoms with Gasteiger partial charge in [0.2, 0.25) is 0 Å². The van der Waals surface area contributed by atoms with Crippen LogP contribution in [-0.2, 0) is 16.1 Å².